The maximum atomic E-state index is 10.7. The molecule has 0 aromatic heterocycles. The molecule has 0 atom stereocenters. The van der Waals surface area contributed by atoms with Crippen LogP contribution in [0.25, 0.3) is 0 Å². The molecular formula is C74H66Au4F6O8P4S2+4. The van der Waals surface area contributed by atoms with Crippen molar-refractivity contribution in [3.63, 3.8) is 0 Å². The van der Waals surface area contributed by atoms with Crippen LogP contribution in [-0.4, -0.2) is 47.9 Å². The summed E-state index contributed by atoms with van der Waals surface area (Å²) in [5.74, 6) is 0. The van der Waals surface area contributed by atoms with E-state index in [0.717, 1.165) is 0 Å². The molecule has 0 saturated carbocycles. The Kier molecular flexibility index (Phi) is 43.4. The van der Waals surface area contributed by atoms with E-state index in [1.165, 1.54) is 63.7 Å². The molecule has 0 radical (unpaired) electrons. The number of rotatable bonds is 12. The Morgan fingerprint density at radius 3 is 0.306 bits per heavy atom. The van der Waals surface area contributed by atoms with Crippen molar-refractivity contribution in [1.82, 2.24) is 0 Å². The summed E-state index contributed by atoms with van der Waals surface area (Å²) < 4.78 is 118. The Balaban J connectivity index is 0.000000597. The molecule has 0 aliphatic heterocycles. The van der Waals surface area contributed by atoms with Crippen LogP contribution in [0.5, 0.6) is 0 Å². The second-order valence-corrected chi connectivity index (χ2v) is 32.4. The smallest absolute Gasteiger partial charge is 0.870 e. The van der Waals surface area contributed by atoms with Crippen molar-refractivity contribution < 1.29 is 153 Å². The predicted octanol–water partition coefficient (Wildman–Crippen LogP) is 12.4. The molecule has 0 spiro atoms. The molecule has 8 nitrogen and oxygen atoms in total. The van der Waals surface area contributed by atoms with Crippen LogP contribution in [0.3, 0.4) is 0 Å². The van der Waals surface area contributed by atoms with E-state index in [-0.39, 0.29) is 100 Å². The summed E-state index contributed by atoms with van der Waals surface area (Å²) in [6.45, 7) is 0. The van der Waals surface area contributed by atoms with E-state index in [0.29, 0.717) is 0 Å². The molecular weight excluding hydrogens is 2110 g/mol. The Morgan fingerprint density at radius 2 is 0.255 bits per heavy atom. The van der Waals surface area contributed by atoms with Gasteiger partial charge in [0.15, 0.2) is 20.2 Å². The average molecular weight is 2170 g/mol. The van der Waals surface area contributed by atoms with Crippen LogP contribution < -0.4 is 63.7 Å². The van der Waals surface area contributed by atoms with Gasteiger partial charge in [0.1, 0.15) is 63.7 Å². The zero-order valence-corrected chi connectivity index (χ0v) is 65.6. The standard InChI is InChI=1S/4C18H15P.2CHF3O3S.4Au.2H2O/c4*1-4-10-16(11-5-1)19(17-12-6-2-7-13-17)18-14-8-3-9-15-18;2*2-1(3,4)8(5,6)7;;;;;;/h4*1-15H;2*(H,5,6,7);;;;;2*1H2/q;;;;;;4*+1;;. The SMILES string of the molecule is O=S(=O)([O-])C(F)(F)F.O=S(=O)([O-])C(F)(F)F.[Au+].[Au+].[Au+].[Au+].[OH-].[OH-].c1ccc([PH+](c2ccccc2)c2ccccc2)cc1.c1ccc([PH+](c2ccccc2)c2ccccc2)cc1.c1ccc([PH+](c2ccccc2)c2ccccc2)cc1.c1ccc([PH+](c2ccccc2)c2ccccc2)cc1. The first-order chi connectivity index (χ1) is 44.3. The van der Waals surface area contributed by atoms with E-state index in [9.17, 15) is 26.3 Å². The summed E-state index contributed by atoms with van der Waals surface area (Å²) in [4.78, 5) is 0. The Labute approximate surface area is 637 Å². The second kappa shape index (κ2) is 46.9. The van der Waals surface area contributed by atoms with Gasteiger partial charge in [-0.3, -0.25) is 0 Å². The molecule has 0 aliphatic carbocycles. The van der Waals surface area contributed by atoms with Gasteiger partial charge in [-0.2, -0.15) is 26.3 Å². The number of benzene rings is 12. The third-order valence-corrected chi connectivity index (χ3v) is 25.4. The molecule has 0 unspecified atom stereocenters. The van der Waals surface area contributed by atoms with Crippen LogP contribution in [0, 0.1) is 0 Å². The topological polar surface area (TPSA) is 174 Å². The van der Waals surface area contributed by atoms with Gasteiger partial charge in [0, 0.05) is 0 Å². The Hall–Kier alpha value is -5.36. The minimum absolute atomic E-state index is 0. The van der Waals surface area contributed by atoms with Gasteiger partial charge < -0.3 is 20.1 Å². The maximum Gasteiger partial charge on any atom is 1.00 e. The molecule has 98 heavy (non-hydrogen) atoms. The van der Waals surface area contributed by atoms with Crippen molar-refractivity contribution in [2.24, 2.45) is 0 Å². The van der Waals surface area contributed by atoms with Crippen molar-refractivity contribution in [1.29, 1.82) is 0 Å². The molecule has 524 valence electrons. The number of alkyl halides is 6. The first kappa shape index (κ1) is 90.7. The molecule has 12 rings (SSSR count). The van der Waals surface area contributed by atoms with Gasteiger partial charge in [0.05, 0.1) is 31.7 Å². The fourth-order valence-electron chi connectivity index (χ4n) is 9.26. The van der Waals surface area contributed by atoms with Crippen LogP contribution in [0.2, 0.25) is 0 Å². The maximum absolute atomic E-state index is 10.7. The van der Waals surface area contributed by atoms with Crippen LogP contribution in [0.15, 0.2) is 364 Å². The van der Waals surface area contributed by atoms with Gasteiger partial charge in [0.25, 0.3) is 0 Å². The van der Waals surface area contributed by atoms with Crippen molar-refractivity contribution in [2.75, 3.05) is 0 Å². The first-order valence-electron chi connectivity index (χ1n) is 28.5. The van der Waals surface area contributed by atoms with E-state index in [4.69, 9.17) is 25.9 Å². The van der Waals surface area contributed by atoms with Gasteiger partial charge in [-0.05, 0) is 146 Å². The number of hydrogen-bond donors (Lipinski definition) is 0. The summed E-state index contributed by atoms with van der Waals surface area (Å²) in [5.41, 5.74) is -11.3. The minimum Gasteiger partial charge on any atom is -0.870 e. The number of hydrogen-bond acceptors (Lipinski definition) is 8. The molecule has 0 aliphatic rings. The largest absolute Gasteiger partial charge is 1.00 e. The van der Waals surface area contributed by atoms with Crippen molar-refractivity contribution >= 4 is 116 Å². The van der Waals surface area contributed by atoms with E-state index in [1.54, 1.807) is 0 Å². The Morgan fingerprint density at radius 1 is 0.194 bits per heavy atom. The predicted molar refractivity (Wildman–Crippen MR) is 382 cm³/mol. The van der Waals surface area contributed by atoms with E-state index < -0.39 is 62.9 Å². The fraction of sp³-hybridized carbons (Fsp3) is 0.0270. The van der Waals surface area contributed by atoms with Gasteiger partial charge in [-0.25, -0.2) is 16.8 Å². The van der Waals surface area contributed by atoms with Crippen molar-refractivity contribution in [3.05, 3.63) is 364 Å². The van der Waals surface area contributed by atoms with Gasteiger partial charge in [-0.15, -0.1) is 0 Å². The van der Waals surface area contributed by atoms with Gasteiger partial charge in [-0.1, -0.05) is 218 Å². The summed E-state index contributed by atoms with van der Waals surface area (Å²) in [6, 6.07) is 130. The fourth-order valence-corrected chi connectivity index (χ4v) is 19.6. The minimum atomic E-state index is -6.09. The summed E-state index contributed by atoms with van der Waals surface area (Å²) in [6.07, 6.45) is 0. The van der Waals surface area contributed by atoms with Crippen LogP contribution in [0.1, 0.15) is 0 Å². The van der Waals surface area contributed by atoms with E-state index in [2.05, 4.69) is 364 Å². The van der Waals surface area contributed by atoms with Crippen LogP contribution in [-0.2, 0) is 110 Å². The third-order valence-electron chi connectivity index (χ3n) is 13.3. The summed E-state index contributed by atoms with van der Waals surface area (Å²) >= 11 is 0. The molecule has 12 aromatic rings. The third kappa shape index (κ3) is 29.7. The molecule has 0 fully saturated rings. The number of halogens is 6. The molecule has 12 aromatic carbocycles. The molecule has 0 bridgehead atoms. The first-order valence-corrected chi connectivity index (χ1v) is 37.3. The summed E-state index contributed by atoms with van der Waals surface area (Å²) in [7, 11) is -15.7. The van der Waals surface area contributed by atoms with Crippen LogP contribution in [0.4, 0.5) is 26.3 Å². The van der Waals surface area contributed by atoms with Gasteiger partial charge in [0.2, 0.25) is 0 Å². The van der Waals surface area contributed by atoms with E-state index in [1.807, 2.05) is 0 Å². The molecule has 0 heterocycles. The zero-order chi connectivity index (χ0) is 65.7. The normalized spacial score (nSPS) is 10.5. The van der Waals surface area contributed by atoms with E-state index >= 15 is 0 Å². The quantitative estimate of drug-likeness (QED) is 0.0382. The summed E-state index contributed by atoms with van der Waals surface area (Å²) in [5, 5.41) is 17.2. The molecule has 0 saturated heterocycles. The molecule has 2 N–H and O–H groups in total. The zero-order valence-electron chi connectivity index (χ0n) is 51.3. The Bertz CT molecular complexity index is 3360. The second-order valence-electron chi connectivity index (χ2n) is 19.7. The van der Waals surface area contributed by atoms with Crippen molar-refractivity contribution in [3.8, 4) is 0 Å². The van der Waals surface area contributed by atoms with Gasteiger partial charge >= 0.3 is 101 Å². The monoisotopic (exact) mass is 2170 g/mol. The molecule has 0 amide bonds. The van der Waals surface area contributed by atoms with Crippen LogP contribution >= 0.6 is 31.7 Å². The average Bonchev–Trinajstić information content (AvgIpc) is 0.854. The van der Waals surface area contributed by atoms with Crippen molar-refractivity contribution in [2.45, 2.75) is 11.0 Å². The molecule has 24 heteroatoms.